The van der Waals surface area contributed by atoms with Gasteiger partial charge in [-0.15, -0.1) is 0 Å². The Hall–Kier alpha value is -1.49. The summed E-state index contributed by atoms with van der Waals surface area (Å²) in [5.74, 6) is 0.830. The summed E-state index contributed by atoms with van der Waals surface area (Å²) >= 11 is 0. The fourth-order valence-corrected chi connectivity index (χ4v) is 2.01. The lowest BCUT2D eigenvalue weighted by atomic mass is 9.98. The van der Waals surface area contributed by atoms with Crippen LogP contribution in [0.15, 0.2) is 18.5 Å². The lowest BCUT2D eigenvalue weighted by Crippen LogP contribution is -2.41. The van der Waals surface area contributed by atoms with E-state index in [0.29, 0.717) is 5.82 Å². The third kappa shape index (κ3) is 3.23. The van der Waals surface area contributed by atoms with E-state index in [2.05, 4.69) is 20.6 Å². The molecule has 1 aromatic heterocycles. The highest BCUT2D eigenvalue weighted by Gasteiger charge is 2.22. The first kappa shape index (κ1) is 12.0. The number of piperidine rings is 1. The van der Waals surface area contributed by atoms with Gasteiger partial charge in [-0.05, 0) is 32.4 Å². The van der Waals surface area contributed by atoms with Crippen molar-refractivity contribution in [2.45, 2.75) is 25.8 Å². The molecule has 1 unspecified atom stereocenters. The van der Waals surface area contributed by atoms with E-state index in [-0.39, 0.29) is 17.9 Å². The molecule has 1 amide bonds. The van der Waals surface area contributed by atoms with Crippen LogP contribution in [0.5, 0.6) is 0 Å². The van der Waals surface area contributed by atoms with Crippen molar-refractivity contribution in [3.05, 3.63) is 24.3 Å². The third-order valence-corrected chi connectivity index (χ3v) is 3.00. The second-order valence-corrected chi connectivity index (χ2v) is 4.38. The molecule has 2 atom stereocenters. The minimum Gasteiger partial charge on any atom is -0.346 e. The second-order valence-electron chi connectivity index (χ2n) is 4.38. The molecule has 2 N–H and O–H groups in total. The van der Waals surface area contributed by atoms with Crippen LogP contribution >= 0.6 is 0 Å². The molecule has 2 rings (SSSR count). The van der Waals surface area contributed by atoms with E-state index in [1.807, 2.05) is 6.92 Å². The van der Waals surface area contributed by atoms with E-state index in [0.717, 1.165) is 25.9 Å². The Labute approximate surface area is 101 Å². The topological polar surface area (TPSA) is 66.9 Å². The Morgan fingerprint density at radius 3 is 2.94 bits per heavy atom. The van der Waals surface area contributed by atoms with Crippen molar-refractivity contribution in [1.82, 2.24) is 20.6 Å². The molecule has 0 aliphatic carbocycles. The Kier molecular flexibility index (Phi) is 4.03. The molecule has 17 heavy (non-hydrogen) atoms. The summed E-state index contributed by atoms with van der Waals surface area (Å²) < 4.78 is 0. The highest BCUT2D eigenvalue weighted by molar-refractivity contribution is 5.79. The van der Waals surface area contributed by atoms with Crippen LogP contribution in [0, 0.1) is 5.92 Å². The molecule has 92 valence electrons. The minimum absolute atomic E-state index is 0.0786. The van der Waals surface area contributed by atoms with Crippen LogP contribution in [0.25, 0.3) is 0 Å². The van der Waals surface area contributed by atoms with Gasteiger partial charge in [0.2, 0.25) is 5.91 Å². The lowest BCUT2D eigenvalue weighted by Gasteiger charge is -2.23. The number of carbonyl (C=O) groups excluding carboxylic acids is 1. The van der Waals surface area contributed by atoms with E-state index in [4.69, 9.17) is 0 Å². The van der Waals surface area contributed by atoms with Crippen molar-refractivity contribution in [2.24, 2.45) is 5.92 Å². The molecule has 1 fully saturated rings. The number of hydrogen-bond donors (Lipinski definition) is 2. The summed E-state index contributed by atoms with van der Waals surface area (Å²) in [6.07, 6.45) is 5.40. The van der Waals surface area contributed by atoms with Gasteiger partial charge in [-0.1, -0.05) is 0 Å². The number of aromatic nitrogens is 2. The molecule has 1 aliphatic heterocycles. The van der Waals surface area contributed by atoms with Crippen LogP contribution < -0.4 is 10.6 Å². The quantitative estimate of drug-likeness (QED) is 0.806. The third-order valence-electron chi connectivity index (χ3n) is 3.00. The molecule has 0 radical (unpaired) electrons. The molecule has 0 saturated carbocycles. The van der Waals surface area contributed by atoms with Gasteiger partial charge in [-0.3, -0.25) is 4.79 Å². The second kappa shape index (κ2) is 5.72. The van der Waals surface area contributed by atoms with E-state index in [1.165, 1.54) is 0 Å². The first-order chi connectivity index (χ1) is 8.27. The number of hydrogen-bond acceptors (Lipinski definition) is 4. The molecular formula is C12H18N4O. The largest absolute Gasteiger partial charge is 0.346 e. The van der Waals surface area contributed by atoms with Gasteiger partial charge in [-0.2, -0.15) is 0 Å². The molecule has 5 heteroatoms. The normalized spacial score (nSPS) is 21.8. The van der Waals surface area contributed by atoms with Gasteiger partial charge in [0.25, 0.3) is 0 Å². The van der Waals surface area contributed by atoms with Crippen LogP contribution in [-0.4, -0.2) is 29.0 Å². The predicted octanol–water partition coefficient (Wildman–Crippen LogP) is 0.653. The maximum Gasteiger partial charge on any atom is 0.224 e. The predicted molar refractivity (Wildman–Crippen MR) is 64.2 cm³/mol. The molecule has 1 saturated heterocycles. The van der Waals surface area contributed by atoms with Crippen LogP contribution in [0.4, 0.5) is 0 Å². The van der Waals surface area contributed by atoms with Gasteiger partial charge in [-0.25, -0.2) is 9.97 Å². The average Bonchev–Trinajstić information content (AvgIpc) is 2.40. The summed E-state index contributed by atoms with van der Waals surface area (Å²) in [6, 6.07) is 1.63. The Balaban J connectivity index is 1.89. The molecular weight excluding hydrogens is 216 g/mol. The fraction of sp³-hybridized carbons (Fsp3) is 0.583. The number of nitrogens with one attached hydrogen (secondary N) is 2. The van der Waals surface area contributed by atoms with E-state index in [1.54, 1.807) is 18.5 Å². The summed E-state index contributed by atoms with van der Waals surface area (Å²) in [4.78, 5) is 20.2. The van der Waals surface area contributed by atoms with Crippen molar-refractivity contribution >= 4 is 5.91 Å². The van der Waals surface area contributed by atoms with Crippen LogP contribution in [0.2, 0.25) is 0 Å². The zero-order valence-corrected chi connectivity index (χ0v) is 10.0. The van der Waals surface area contributed by atoms with E-state index >= 15 is 0 Å². The van der Waals surface area contributed by atoms with Crippen molar-refractivity contribution in [3.8, 4) is 0 Å². The number of amides is 1. The first-order valence-electron chi connectivity index (χ1n) is 6.05. The van der Waals surface area contributed by atoms with Crippen LogP contribution in [0.1, 0.15) is 31.6 Å². The fourth-order valence-electron chi connectivity index (χ4n) is 2.01. The summed E-state index contributed by atoms with van der Waals surface area (Å²) in [7, 11) is 0. The van der Waals surface area contributed by atoms with Crippen molar-refractivity contribution in [1.29, 1.82) is 0 Å². The average molecular weight is 234 g/mol. The zero-order valence-electron chi connectivity index (χ0n) is 10.0. The monoisotopic (exact) mass is 234 g/mol. The van der Waals surface area contributed by atoms with Gasteiger partial charge in [0.1, 0.15) is 5.82 Å². The molecule has 1 aliphatic rings. The van der Waals surface area contributed by atoms with Crippen molar-refractivity contribution in [2.75, 3.05) is 13.1 Å². The van der Waals surface area contributed by atoms with Gasteiger partial charge in [0.05, 0.1) is 12.0 Å². The first-order valence-corrected chi connectivity index (χ1v) is 6.05. The van der Waals surface area contributed by atoms with E-state index in [9.17, 15) is 4.79 Å². The summed E-state index contributed by atoms with van der Waals surface area (Å²) in [6.45, 7) is 3.69. The lowest BCUT2D eigenvalue weighted by molar-refractivity contribution is -0.126. The van der Waals surface area contributed by atoms with Crippen molar-refractivity contribution in [3.63, 3.8) is 0 Å². The smallest absolute Gasteiger partial charge is 0.224 e. The standard InChI is InChI=1S/C12H18N4O/c1-9(11-14-6-3-7-15-11)16-12(17)10-4-2-5-13-8-10/h3,6-7,9-10,13H,2,4-5,8H2,1H3,(H,16,17)/t9-,10?/m1/s1. The SMILES string of the molecule is C[C@@H](NC(=O)C1CCCNC1)c1ncccn1. The minimum atomic E-state index is -0.134. The molecule has 2 heterocycles. The maximum atomic E-state index is 12.0. The molecule has 0 spiro atoms. The van der Waals surface area contributed by atoms with Gasteiger partial charge < -0.3 is 10.6 Å². The molecule has 1 aromatic rings. The van der Waals surface area contributed by atoms with E-state index < -0.39 is 0 Å². The zero-order chi connectivity index (χ0) is 12.1. The maximum absolute atomic E-state index is 12.0. The number of rotatable bonds is 3. The molecule has 5 nitrogen and oxygen atoms in total. The summed E-state index contributed by atoms with van der Waals surface area (Å²) in [5, 5.41) is 6.20. The van der Waals surface area contributed by atoms with Crippen molar-refractivity contribution < 1.29 is 4.79 Å². The number of carbonyl (C=O) groups is 1. The van der Waals surface area contributed by atoms with Gasteiger partial charge in [0, 0.05) is 18.9 Å². The van der Waals surface area contributed by atoms with Gasteiger partial charge >= 0.3 is 0 Å². The van der Waals surface area contributed by atoms with Crippen LogP contribution in [0.3, 0.4) is 0 Å². The summed E-state index contributed by atoms with van der Waals surface area (Å²) in [5.41, 5.74) is 0. The number of nitrogens with zero attached hydrogens (tertiary/aromatic N) is 2. The Bertz CT molecular complexity index is 362. The Morgan fingerprint density at radius 2 is 2.29 bits per heavy atom. The van der Waals surface area contributed by atoms with Crippen LogP contribution in [-0.2, 0) is 4.79 Å². The molecule has 0 bridgehead atoms. The Morgan fingerprint density at radius 1 is 1.53 bits per heavy atom. The molecule has 0 aromatic carbocycles. The highest BCUT2D eigenvalue weighted by atomic mass is 16.2. The van der Waals surface area contributed by atoms with Gasteiger partial charge in [0.15, 0.2) is 0 Å². The highest BCUT2D eigenvalue weighted by Crippen LogP contribution is 2.12.